The van der Waals surface area contributed by atoms with E-state index in [4.69, 9.17) is 0 Å². The van der Waals surface area contributed by atoms with E-state index in [2.05, 4.69) is 42.3 Å². The molecule has 1 atom stereocenters. The van der Waals surface area contributed by atoms with E-state index in [0.29, 0.717) is 0 Å². The third-order valence-corrected chi connectivity index (χ3v) is 4.75. The Morgan fingerprint density at radius 2 is 2.00 bits per heavy atom. The van der Waals surface area contributed by atoms with E-state index >= 15 is 0 Å². The molecule has 1 unspecified atom stereocenters. The van der Waals surface area contributed by atoms with Gasteiger partial charge in [0.25, 0.3) is 0 Å². The van der Waals surface area contributed by atoms with Gasteiger partial charge in [-0.15, -0.1) is 0 Å². The highest BCUT2D eigenvalue weighted by Gasteiger charge is 2.26. The van der Waals surface area contributed by atoms with Gasteiger partial charge in [-0.1, -0.05) is 23.8 Å². The van der Waals surface area contributed by atoms with Crippen LogP contribution in [0.25, 0.3) is 0 Å². The number of rotatable bonds is 6. The molecule has 20 heavy (non-hydrogen) atoms. The molecule has 1 heterocycles. The molecule has 0 radical (unpaired) electrons. The van der Waals surface area contributed by atoms with E-state index in [9.17, 15) is 0 Å². The minimum absolute atomic E-state index is 0.722. The number of benzene rings is 1. The van der Waals surface area contributed by atoms with Crippen LogP contribution in [0, 0.1) is 19.8 Å². The average molecular weight is 272 g/mol. The summed E-state index contributed by atoms with van der Waals surface area (Å²) in [6.07, 6.45) is 5.60. The van der Waals surface area contributed by atoms with Gasteiger partial charge in [0.05, 0.1) is 0 Å². The first-order valence-corrected chi connectivity index (χ1v) is 8.22. The smallest absolute Gasteiger partial charge is 0.0237 e. The predicted octanol–water partition coefficient (Wildman–Crippen LogP) is 3.27. The van der Waals surface area contributed by atoms with E-state index in [1.807, 2.05) is 0 Å². The van der Waals surface area contributed by atoms with Crippen molar-refractivity contribution >= 4 is 0 Å². The van der Waals surface area contributed by atoms with Crippen LogP contribution in [0.2, 0.25) is 0 Å². The van der Waals surface area contributed by atoms with Crippen molar-refractivity contribution in [3.8, 4) is 0 Å². The summed E-state index contributed by atoms with van der Waals surface area (Å²) in [5.41, 5.74) is 4.33. The minimum Gasteiger partial charge on any atom is -0.313 e. The van der Waals surface area contributed by atoms with Gasteiger partial charge in [0.15, 0.2) is 0 Å². The topological polar surface area (TPSA) is 15.3 Å². The third-order valence-electron chi connectivity index (χ3n) is 4.75. The van der Waals surface area contributed by atoms with Crippen LogP contribution >= 0.6 is 0 Å². The molecule has 0 spiro atoms. The lowest BCUT2D eigenvalue weighted by atomic mass is 10.0. The van der Waals surface area contributed by atoms with Gasteiger partial charge < -0.3 is 5.32 Å². The molecule has 1 saturated heterocycles. The molecule has 1 aliphatic heterocycles. The maximum Gasteiger partial charge on any atom is 0.0237 e. The normalized spacial score (nSPS) is 22.6. The Morgan fingerprint density at radius 1 is 1.15 bits per heavy atom. The van der Waals surface area contributed by atoms with E-state index in [-0.39, 0.29) is 0 Å². The Bertz CT molecular complexity index is 445. The number of aryl methyl sites for hydroxylation is 2. The fourth-order valence-electron chi connectivity index (χ4n) is 3.36. The average Bonchev–Trinajstić information content (AvgIpc) is 3.07. The molecule has 2 fully saturated rings. The van der Waals surface area contributed by atoms with Crippen LogP contribution in [0.4, 0.5) is 0 Å². The van der Waals surface area contributed by atoms with E-state index in [0.717, 1.165) is 18.5 Å². The summed E-state index contributed by atoms with van der Waals surface area (Å²) in [6.45, 7) is 9.30. The van der Waals surface area contributed by atoms with Crippen molar-refractivity contribution in [2.24, 2.45) is 5.92 Å². The molecule has 0 amide bonds. The SMILES string of the molecule is Cc1ccc(CN(CC2CC2)CC2CCCN2)c(C)c1. The van der Waals surface area contributed by atoms with Crippen LogP contribution in [-0.2, 0) is 6.54 Å². The second kappa shape index (κ2) is 6.28. The van der Waals surface area contributed by atoms with Crippen LogP contribution in [0.1, 0.15) is 42.4 Å². The molecule has 1 aromatic rings. The lowest BCUT2D eigenvalue weighted by Gasteiger charge is -2.26. The molecule has 1 N–H and O–H groups in total. The first-order valence-electron chi connectivity index (χ1n) is 8.22. The predicted molar refractivity (Wildman–Crippen MR) is 84.9 cm³/mol. The zero-order valence-corrected chi connectivity index (χ0v) is 13.0. The van der Waals surface area contributed by atoms with Crippen LogP contribution in [-0.4, -0.2) is 30.6 Å². The van der Waals surface area contributed by atoms with Gasteiger partial charge in [-0.3, -0.25) is 4.90 Å². The second-order valence-electron chi connectivity index (χ2n) is 6.86. The first-order chi connectivity index (χ1) is 9.70. The summed E-state index contributed by atoms with van der Waals surface area (Å²) in [5, 5.41) is 3.65. The summed E-state index contributed by atoms with van der Waals surface area (Å²) in [7, 11) is 0. The van der Waals surface area contributed by atoms with Gasteiger partial charge in [-0.25, -0.2) is 0 Å². The minimum atomic E-state index is 0.722. The molecule has 2 nitrogen and oxygen atoms in total. The van der Waals surface area contributed by atoms with Crippen molar-refractivity contribution in [1.29, 1.82) is 0 Å². The molecular weight excluding hydrogens is 244 g/mol. The number of nitrogens with one attached hydrogen (secondary N) is 1. The van der Waals surface area contributed by atoms with Gasteiger partial charge in [0.2, 0.25) is 0 Å². The Kier molecular flexibility index (Phi) is 4.42. The van der Waals surface area contributed by atoms with Crippen molar-refractivity contribution in [1.82, 2.24) is 10.2 Å². The zero-order chi connectivity index (χ0) is 13.9. The zero-order valence-electron chi connectivity index (χ0n) is 13.0. The van der Waals surface area contributed by atoms with Gasteiger partial charge in [-0.2, -0.15) is 0 Å². The first kappa shape index (κ1) is 14.1. The molecule has 0 bridgehead atoms. The van der Waals surface area contributed by atoms with Crippen LogP contribution < -0.4 is 5.32 Å². The Morgan fingerprint density at radius 3 is 2.65 bits per heavy atom. The van der Waals surface area contributed by atoms with Crippen LogP contribution in [0.3, 0.4) is 0 Å². The highest BCUT2D eigenvalue weighted by molar-refractivity contribution is 5.30. The molecular formula is C18H28N2. The number of nitrogens with zero attached hydrogens (tertiary/aromatic N) is 1. The molecule has 1 aromatic carbocycles. The monoisotopic (exact) mass is 272 g/mol. The Hall–Kier alpha value is -0.860. The van der Waals surface area contributed by atoms with Gasteiger partial charge >= 0.3 is 0 Å². The lowest BCUT2D eigenvalue weighted by Crippen LogP contribution is -2.38. The molecule has 1 aliphatic carbocycles. The van der Waals surface area contributed by atoms with Crippen molar-refractivity contribution in [3.63, 3.8) is 0 Å². The van der Waals surface area contributed by atoms with Crippen molar-refractivity contribution in [2.75, 3.05) is 19.6 Å². The fourth-order valence-corrected chi connectivity index (χ4v) is 3.36. The maximum atomic E-state index is 3.65. The van der Waals surface area contributed by atoms with E-state index in [1.165, 1.54) is 62.0 Å². The summed E-state index contributed by atoms with van der Waals surface area (Å²) in [6, 6.07) is 7.62. The van der Waals surface area contributed by atoms with Gasteiger partial charge in [0, 0.05) is 25.7 Å². The lowest BCUT2D eigenvalue weighted by molar-refractivity contribution is 0.231. The molecule has 0 aromatic heterocycles. The number of hydrogen-bond donors (Lipinski definition) is 1. The molecule has 1 saturated carbocycles. The van der Waals surface area contributed by atoms with Crippen molar-refractivity contribution < 1.29 is 0 Å². The molecule has 110 valence electrons. The molecule has 2 aliphatic rings. The maximum absolute atomic E-state index is 3.65. The van der Waals surface area contributed by atoms with Gasteiger partial charge in [-0.05, 0) is 63.1 Å². The summed E-state index contributed by atoms with van der Waals surface area (Å²) >= 11 is 0. The van der Waals surface area contributed by atoms with Crippen LogP contribution in [0.15, 0.2) is 18.2 Å². The summed E-state index contributed by atoms with van der Waals surface area (Å²) < 4.78 is 0. The Labute approximate surface area is 123 Å². The molecule has 2 heteroatoms. The van der Waals surface area contributed by atoms with Crippen LogP contribution in [0.5, 0.6) is 0 Å². The summed E-state index contributed by atoms with van der Waals surface area (Å²) in [4.78, 5) is 2.69. The van der Waals surface area contributed by atoms with E-state index < -0.39 is 0 Å². The van der Waals surface area contributed by atoms with Crippen molar-refractivity contribution in [3.05, 3.63) is 34.9 Å². The number of hydrogen-bond acceptors (Lipinski definition) is 2. The Balaban J connectivity index is 1.64. The fraction of sp³-hybridized carbons (Fsp3) is 0.667. The highest BCUT2D eigenvalue weighted by Crippen LogP contribution is 2.30. The second-order valence-corrected chi connectivity index (χ2v) is 6.86. The highest BCUT2D eigenvalue weighted by atomic mass is 15.2. The largest absolute Gasteiger partial charge is 0.313 e. The summed E-state index contributed by atoms with van der Waals surface area (Å²) in [5.74, 6) is 0.974. The molecule has 3 rings (SSSR count). The standard InChI is InChI=1S/C18H28N2/c1-14-5-8-17(15(2)10-14)12-20(11-16-6-7-16)13-18-4-3-9-19-18/h5,8,10,16,18-19H,3-4,6-7,9,11-13H2,1-2H3. The quantitative estimate of drug-likeness (QED) is 0.855. The third kappa shape index (κ3) is 3.83. The van der Waals surface area contributed by atoms with Crippen molar-refractivity contribution in [2.45, 2.75) is 52.1 Å². The van der Waals surface area contributed by atoms with E-state index in [1.54, 1.807) is 0 Å². The van der Waals surface area contributed by atoms with Gasteiger partial charge in [0.1, 0.15) is 0 Å².